The van der Waals surface area contributed by atoms with Gasteiger partial charge in [0.25, 0.3) is 0 Å². The Hall–Kier alpha value is -1.07. The highest BCUT2D eigenvalue weighted by atomic mass is 32.2. The average molecular weight is 282 g/mol. The predicted molar refractivity (Wildman–Crippen MR) is 77.3 cm³/mol. The van der Waals surface area contributed by atoms with Gasteiger partial charge in [-0.05, 0) is 31.0 Å². The van der Waals surface area contributed by atoms with Crippen LogP contribution in [0.25, 0.3) is 0 Å². The van der Waals surface area contributed by atoms with E-state index in [4.69, 9.17) is 5.73 Å². The summed E-state index contributed by atoms with van der Waals surface area (Å²) in [7, 11) is -1.73. The highest BCUT2D eigenvalue weighted by Gasteiger charge is 2.28. The van der Waals surface area contributed by atoms with Crippen LogP contribution < -0.4 is 5.73 Å². The summed E-state index contributed by atoms with van der Waals surface area (Å²) in [6, 6.07) is 6.64. The van der Waals surface area contributed by atoms with Gasteiger partial charge in [-0.15, -0.1) is 0 Å². The van der Waals surface area contributed by atoms with Crippen molar-refractivity contribution < 1.29 is 8.42 Å². The zero-order valence-electron chi connectivity index (χ0n) is 11.4. The second-order valence-electron chi connectivity index (χ2n) is 5.24. The van der Waals surface area contributed by atoms with Crippen LogP contribution in [0.3, 0.4) is 0 Å². The molecule has 1 aliphatic carbocycles. The molecular weight excluding hydrogens is 260 g/mol. The number of sulfonamides is 1. The molecule has 0 aliphatic heterocycles. The minimum atomic E-state index is -3.42. The van der Waals surface area contributed by atoms with E-state index in [1.807, 2.05) is 0 Å². The average Bonchev–Trinajstić information content (AvgIpc) is 2.66. The van der Waals surface area contributed by atoms with Crippen molar-refractivity contribution in [2.45, 2.75) is 49.5 Å². The molecule has 2 N–H and O–H groups in total. The molecule has 0 bridgehead atoms. The zero-order valence-corrected chi connectivity index (χ0v) is 12.2. The summed E-state index contributed by atoms with van der Waals surface area (Å²) in [4.78, 5) is 0.291. The Morgan fingerprint density at radius 3 is 2.37 bits per heavy atom. The van der Waals surface area contributed by atoms with E-state index in [2.05, 4.69) is 0 Å². The first-order valence-electron chi connectivity index (χ1n) is 6.85. The number of nitrogen functional groups attached to an aromatic ring is 1. The zero-order chi connectivity index (χ0) is 13.9. The summed E-state index contributed by atoms with van der Waals surface area (Å²) in [5.41, 5.74) is 6.16. The fourth-order valence-electron chi connectivity index (χ4n) is 2.66. The fraction of sp³-hybridized carbons (Fsp3) is 0.571. The van der Waals surface area contributed by atoms with Crippen molar-refractivity contribution in [2.75, 3.05) is 12.8 Å². The lowest BCUT2D eigenvalue weighted by atomic mass is 10.1. The molecule has 0 heterocycles. The molecule has 1 aromatic rings. The van der Waals surface area contributed by atoms with Gasteiger partial charge in [0, 0.05) is 18.8 Å². The smallest absolute Gasteiger partial charge is 0.243 e. The van der Waals surface area contributed by atoms with Crippen molar-refractivity contribution in [1.82, 2.24) is 4.31 Å². The SMILES string of the molecule is CN(C1CCCCCC1)S(=O)(=O)c1cccc(N)c1. The number of hydrogen-bond acceptors (Lipinski definition) is 3. The van der Waals surface area contributed by atoms with Crippen LogP contribution in [0.5, 0.6) is 0 Å². The molecule has 19 heavy (non-hydrogen) atoms. The lowest BCUT2D eigenvalue weighted by Gasteiger charge is -2.26. The van der Waals surface area contributed by atoms with Crippen LogP contribution in [-0.4, -0.2) is 25.8 Å². The van der Waals surface area contributed by atoms with E-state index in [1.165, 1.54) is 23.2 Å². The van der Waals surface area contributed by atoms with Crippen molar-refractivity contribution in [1.29, 1.82) is 0 Å². The van der Waals surface area contributed by atoms with Gasteiger partial charge in [0.15, 0.2) is 0 Å². The number of benzene rings is 1. The normalized spacial score (nSPS) is 18.4. The standard InChI is InChI=1S/C14H22N2O2S/c1-16(13-8-4-2-3-5-9-13)19(17,18)14-10-6-7-12(15)11-14/h6-7,10-11,13H,2-5,8-9,15H2,1H3. The lowest BCUT2D eigenvalue weighted by Crippen LogP contribution is -2.36. The monoisotopic (exact) mass is 282 g/mol. The van der Waals surface area contributed by atoms with Gasteiger partial charge in [-0.1, -0.05) is 31.7 Å². The maximum atomic E-state index is 12.6. The summed E-state index contributed by atoms with van der Waals surface area (Å²) in [6.07, 6.45) is 6.56. The molecule has 2 rings (SSSR count). The first-order valence-corrected chi connectivity index (χ1v) is 8.29. The van der Waals surface area contributed by atoms with E-state index in [0.29, 0.717) is 10.6 Å². The van der Waals surface area contributed by atoms with Crippen molar-refractivity contribution in [3.8, 4) is 0 Å². The van der Waals surface area contributed by atoms with Crippen molar-refractivity contribution >= 4 is 15.7 Å². The number of hydrogen-bond donors (Lipinski definition) is 1. The first-order chi connectivity index (χ1) is 9.01. The minimum absolute atomic E-state index is 0.119. The van der Waals surface area contributed by atoms with E-state index in [9.17, 15) is 8.42 Å². The highest BCUT2D eigenvalue weighted by Crippen LogP contribution is 2.26. The summed E-state index contributed by atoms with van der Waals surface area (Å²) < 4.78 is 26.7. The third-order valence-electron chi connectivity index (χ3n) is 3.87. The van der Waals surface area contributed by atoms with Gasteiger partial charge in [0.1, 0.15) is 0 Å². The number of nitrogens with two attached hydrogens (primary N) is 1. The molecule has 0 radical (unpaired) electrons. The summed E-state index contributed by atoms with van der Waals surface area (Å²) >= 11 is 0. The molecule has 1 fully saturated rings. The van der Waals surface area contributed by atoms with Crippen LogP contribution in [-0.2, 0) is 10.0 Å². The summed E-state index contributed by atoms with van der Waals surface area (Å²) in [5, 5.41) is 0. The molecule has 0 spiro atoms. The Balaban J connectivity index is 2.23. The van der Waals surface area contributed by atoms with Gasteiger partial charge < -0.3 is 5.73 Å². The van der Waals surface area contributed by atoms with E-state index in [0.717, 1.165) is 25.7 Å². The molecule has 106 valence electrons. The van der Waals surface area contributed by atoms with E-state index in [-0.39, 0.29) is 6.04 Å². The van der Waals surface area contributed by atoms with Gasteiger partial charge in [-0.25, -0.2) is 8.42 Å². The van der Waals surface area contributed by atoms with Gasteiger partial charge >= 0.3 is 0 Å². The topological polar surface area (TPSA) is 63.4 Å². The number of anilines is 1. The molecule has 5 heteroatoms. The van der Waals surface area contributed by atoms with Crippen LogP contribution in [0.1, 0.15) is 38.5 Å². The van der Waals surface area contributed by atoms with Crippen molar-refractivity contribution in [3.63, 3.8) is 0 Å². The lowest BCUT2D eigenvalue weighted by molar-refractivity contribution is 0.336. The Morgan fingerprint density at radius 1 is 1.16 bits per heavy atom. The van der Waals surface area contributed by atoms with Crippen LogP contribution in [0.2, 0.25) is 0 Å². The third-order valence-corrected chi connectivity index (χ3v) is 5.78. The van der Waals surface area contributed by atoms with Crippen LogP contribution in [0, 0.1) is 0 Å². The van der Waals surface area contributed by atoms with Crippen molar-refractivity contribution in [2.24, 2.45) is 0 Å². The minimum Gasteiger partial charge on any atom is -0.399 e. The Labute approximate surface area is 115 Å². The van der Waals surface area contributed by atoms with Gasteiger partial charge in [-0.3, -0.25) is 0 Å². The molecule has 0 unspecified atom stereocenters. The van der Waals surface area contributed by atoms with Crippen LogP contribution in [0.4, 0.5) is 5.69 Å². The fourth-order valence-corrected chi connectivity index (χ4v) is 4.13. The van der Waals surface area contributed by atoms with Gasteiger partial charge in [-0.2, -0.15) is 4.31 Å². The largest absolute Gasteiger partial charge is 0.399 e. The molecule has 1 aromatic carbocycles. The quantitative estimate of drug-likeness (QED) is 0.684. The highest BCUT2D eigenvalue weighted by molar-refractivity contribution is 7.89. The molecule has 0 aromatic heterocycles. The van der Waals surface area contributed by atoms with E-state index in [1.54, 1.807) is 25.2 Å². The van der Waals surface area contributed by atoms with Gasteiger partial charge in [0.2, 0.25) is 10.0 Å². The maximum absolute atomic E-state index is 12.6. The molecule has 1 saturated carbocycles. The molecule has 1 aliphatic rings. The van der Waals surface area contributed by atoms with E-state index < -0.39 is 10.0 Å². The summed E-state index contributed by atoms with van der Waals surface area (Å²) in [5.74, 6) is 0. The molecule has 4 nitrogen and oxygen atoms in total. The maximum Gasteiger partial charge on any atom is 0.243 e. The number of nitrogens with zero attached hydrogens (tertiary/aromatic N) is 1. The van der Waals surface area contributed by atoms with Gasteiger partial charge in [0.05, 0.1) is 4.90 Å². The molecule has 0 amide bonds. The Morgan fingerprint density at radius 2 is 1.79 bits per heavy atom. The molecule has 0 saturated heterocycles. The van der Waals surface area contributed by atoms with Crippen LogP contribution in [0.15, 0.2) is 29.2 Å². The summed E-state index contributed by atoms with van der Waals surface area (Å²) in [6.45, 7) is 0. The third kappa shape index (κ3) is 3.28. The Bertz CT molecular complexity index is 520. The van der Waals surface area contributed by atoms with Crippen LogP contribution >= 0.6 is 0 Å². The molecule has 0 atom stereocenters. The Kier molecular flexibility index (Phi) is 4.47. The first kappa shape index (κ1) is 14.3. The number of rotatable bonds is 3. The van der Waals surface area contributed by atoms with Crippen molar-refractivity contribution in [3.05, 3.63) is 24.3 Å². The predicted octanol–water partition coefficient (Wildman–Crippen LogP) is 2.61. The second-order valence-corrected chi connectivity index (χ2v) is 7.24. The second kappa shape index (κ2) is 5.92. The van der Waals surface area contributed by atoms with E-state index >= 15 is 0 Å². The molecular formula is C14H22N2O2S.